The maximum Gasteiger partial charge on any atom is 0.246 e. The van der Waals surface area contributed by atoms with E-state index in [1.807, 2.05) is 18.7 Å². The molecule has 0 spiro atoms. The lowest BCUT2D eigenvalue weighted by Crippen LogP contribution is -2.40. The highest BCUT2D eigenvalue weighted by atomic mass is 32.2. The number of aryl methyl sites for hydroxylation is 1. The van der Waals surface area contributed by atoms with Crippen LogP contribution in [0.3, 0.4) is 0 Å². The largest absolute Gasteiger partial charge is 0.319 e. The lowest BCUT2D eigenvalue weighted by Gasteiger charge is -2.31. The van der Waals surface area contributed by atoms with Crippen molar-refractivity contribution in [1.29, 1.82) is 0 Å². The van der Waals surface area contributed by atoms with Gasteiger partial charge in [-0.2, -0.15) is 9.40 Å². The van der Waals surface area contributed by atoms with Crippen LogP contribution < -0.4 is 5.32 Å². The van der Waals surface area contributed by atoms with E-state index in [1.165, 1.54) is 0 Å². The van der Waals surface area contributed by atoms with Gasteiger partial charge in [0.15, 0.2) is 0 Å². The Labute approximate surface area is 140 Å². The van der Waals surface area contributed by atoms with Crippen LogP contribution in [0.4, 0.5) is 0 Å². The van der Waals surface area contributed by atoms with E-state index in [0.29, 0.717) is 35.5 Å². The fourth-order valence-corrected chi connectivity index (χ4v) is 5.19. The summed E-state index contributed by atoms with van der Waals surface area (Å²) >= 11 is 0. The van der Waals surface area contributed by atoms with Crippen molar-refractivity contribution in [3.8, 4) is 0 Å². The molecular weight excluding hydrogens is 312 g/mol. The van der Waals surface area contributed by atoms with Crippen molar-refractivity contribution in [2.24, 2.45) is 11.8 Å². The summed E-state index contributed by atoms with van der Waals surface area (Å²) in [6, 6.07) is 0. The maximum absolute atomic E-state index is 13.0. The number of hydrogen-bond donors (Lipinski definition) is 1. The number of piperidine rings is 1. The monoisotopic (exact) mass is 342 g/mol. The summed E-state index contributed by atoms with van der Waals surface area (Å²) in [7, 11) is -1.50. The van der Waals surface area contributed by atoms with Crippen LogP contribution in [0.2, 0.25) is 0 Å². The molecule has 0 saturated carbocycles. The molecule has 0 atom stereocenters. The molecule has 23 heavy (non-hydrogen) atoms. The van der Waals surface area contributed by atoms with Gasteiger partial charge in [-0.15, -0.1) is 0 Å². The first kappa shape index (κ1) is 18.4. The zero-order valence-corrected chi connectivity index (χ0v) is 15.8. The molecule has 0 amide bonds. The third kappa shape index (κ3) is 3.95. The molecular formula is C16H30N4O2S. The second kappa shape index (κ2) is 7.32. The van der Waals surface area contributed by atoms with Crippen molar-refractivity contribution in [1.82, 2.24) is 19.4 Å². The number of nitrogens with one attached hydrogen (secondary N) is 1. The molecule has 1 aliphatic heterocycles. The Morgan fingerprint density at radius 1 is 1.26 bits per heavy atom. The van der Waals surface area contributed by atoms with Crippen LogP contribution in [0.15, 0.2) is 4.90 Å². The summed E-state index contributed by atoms with van der Waals surface area (Å²) in [5.74, 6) is 0.998. The molecule has 2 rings (SSSR count). The van der Waals surface area contributed by atoms with Gasteiger partial charge in [-0.1, -0.05) is 13.8 Å². The van der Waals surface area contributed by atoms with E-state index in [4.69, 9.17) is 0 Å². The molecule has 0 unspecified atom stereocenters. The molecule has 0 aromatic carbocycles. The minimum Gasteiger partial charge on any atom is -0.319 e. The Balaban J connectivity index is 2.22. The van der Waals surface area contributed by atoms with Gasteiger partial charge in [-0.3, -0.25) is 4.68 Å². The van der Waals surface area contributed by atoms with Crippen LogP contribution in [0.1, 0.15) is 38.1 Å². The van der Waals surface area contributed by atoms with Crippen molar-refractivity contribution in [2.45, 2.75) is 52.0 Å². The highest BCUT2D eigenvalue weighted by Gasteiger charge is 2.33. The molecule has 1 fully saturated rings. The molecule has 1 saturated heterocycles. The predicted octanol–water partition coefficient (Wildman–Crippen LogP) is 1.78. The molecule has 1 aromatic rings. The molecule has 0 bridgehead atoms. The van der Waals surface area contributed by atoms with Crippen LogP contribution in [-0.4, -0.2) is 49.2 Å². The zero-order valence-electron chi connectivity index (χ0n) is 15.0. The normalized spacial score (nSPS) is 18.0. The molecule has 0 radical (unpaired) electrons. The first-order valence-corrected chi connectivity index (χ1v) is 9.90. The third-order valence-corrected chi connectivity index (χ3v) is 6.67. The van der Waals surface area contributed by atoms with E-state index in [-0.39, 0.29) is 0 Å². The quantitative estimate of drug-likeness (QED) is 0.856. The molecule has 6 nitrogen and oxygen atoms in total. The molecule has 1 aliphatic rings. The highest BCUT2D eigenvalue weighted by molar-refractivity contribution is 7.89. The summed E-state index contributed by atoms with van der Waals surface area (Å²) in [5.41, 5.74) is 1.37. The summed E-state index contributed by atoms with van der Waals surface area (Å²) in [5, 5.41) is 7.64. The standard InChI is InChI=1S/C16H30N4O2S/c1-12(2)11-20-14(4)16(13(3)18-20)23(21,22)19-8-6-15(7-9-19)10-17-5/h12,15,17H,6-11H2,1-5H3. The zero-order chi connectivity index (χ0) is 17.2. The van der Waals surface area contributed by atoms with Crippen molar-refractivity contribution < 1.29 is 8.42 Å². The highest BCUT2D eigenvalue weighted by Crippen LogP contribution is 2.27. The summed E-state index contributed by atoms with van der Waals surface area (Å²) in [4.78, 5) is 0.408. The second-order valence-electron chi connectivity index (χ2n) is 6.98. The lowest BCUT2D eigenvalue weighted by atomic mass is 9.98. The van der Waals surface area contributed by atoms with Crippen molar-refractivity contribution in [3.63, 3.8) is 0 Å². The van der Waals surface area contributed by atoms with E-state index in [9.17, 15) is 8.42 Å². The van der Waals surface area contributed by atoms with Crippen LogP contribution in [0, 0.1) is 25.7 Å². The first-order chi connectivity index (χ1) is 10.8. The predicted molar refractivity (Wildman–Crippen MR) is 91.9 cm³/mol. The Morgan fingerprint density at radius 2 is 1.87 bits per heavy atom. The lowest BCUT2D eigenvalue weighted by molar-refractivity contribution is 0.270. The van der Waals surface area contributed by atoms with E-state index in [2.05, 4.69) is 24.3 Å². The SMILES string of the molecule is CNCC1CCN(S(=O)(=O)c2c(C)nn(CC(C)C)c2C)CC1. The minimum atomic E-state index is -3.45. The average molecular weight is 343 g/mol. The summed E-state index contributed by atoms with van der Waals surface area (Å²) < 4.78 is 29.6. The molecule has 2 heterocycles. The van der Waals surface area contributed by atoms with Gasteiger partial charge in [0, 0.05) is 19.6 Å². The van der Waals surface area contributed by atoms with Crippen LogP contribution >= 0.6 is 0 Å². The molecule has 132 valence electrons. The van der Waals surface area contributed by atoms with Gasteiger partial charge >= 0.3 is 0 Å². The Morgan fingerprint density at radius 3 is 2.39 bits per heavy atom. The van der Waals surface area contributed by atoms with E-state index in [0.717, 1.165) is 31.6 Å². The maximum atomic E-state index is 13.0. The average Bonchev–Trinajstić information content (AvgIpc) is 2.74. The van der Waals surface area contributed by atoms with Crippen molar-refractivity contribution >= 4 is 10.0 Å². The first-order valence-electron chi connectivity index (χ1n) is 8.46. The fraction of sp³-hybridized carbons (Fsp3) is 0.812. The van der Waals surface area contributed by atoms with Gasteiger partial charge in [0.25, 0.3) is 0 Å². The van der Waals surface area contributed by atoms with Crippen LogP contribution in [-0.2, 0) is 16.6 Å². The summed E-state index contributed by atoms with van der Waals surface area (Å²) in [6.07, 6.45) is 1.83. The van der Waals surface area contributed by atoms with Crippen molar-refractivity contribution in [3.05, 3.63) is 11.4 Å². The molecule has 0 aliphatic carbocycles. The number of rotatable bonds is 6. The number of nitrogens with zero attached hydrogens (tertiary/aromatic N) is 3. The fourth-order valence-electron chi connectivity index (χ4n) is 3.35. The van der Waals surface area contributed by atoms with Gasteiger partial charge in [-0.05, 0) is 52.1 Å². The van der Waals surface area contributed by atoms with Gasteiger partial charge < -0.3 is 5.32 Å². The smallest absolute Gasteiger partial charge is 0.246 e. The van der Waals surface area contributed by atoms with Gasteiger partial charge in [0.05, 0.1) is 11.4 Å². The van der Waals surface area contributed by atoms with Crippen molar-refractivity contribution in [2.75, 3.05) is 26.7 Å². The number of aromatic nitrogens is 2. The van der Waals surface area contributed by atoms with E-state index < -0.39 is 10.0 Å². The number of hydrogen-bond acceptors (Lipinski definition) is 4. The molecule has 1 N–H and O–H groups in total. The second-order valence-corrected chi connectivity index (χ2v) is 8.86. The Bertz CT molecular complexity index is 629. The molecule has 1 aromatic heterocycles. The van der Waals surface area contributed by atoms with E-state index in [1.54, 1.807) is 11.2 Å². The van der Waals surface area contributed by atoms with Crippen LogP contribution in [0.5, 0.6) is 0 Å². The van der Waals surface area contributed by atoms with Gasteiger partial charge in [0.1, 0.15) is 4.90 Å². The van der Waals surface area contributed by atoms with Gasteiger partial charge in [-0.25, -0.2) is 8.42 Å². The molecule has 7 heteroatoms. The topological polar surface area (TPSA) is 67.2 Å². The van der Waals surface area contributed by atoms with Gasteiger partial charge in [0.2, 0.25) is 10.0 Å². The Kier molecular flexibility index (Phi) is 5.86. The third-order valence-electron chi connectivity index (χ3n) is 4.52. The minimum absolute atomic E-state index is 0.408. The van der Waals surface area contributed by atoms with Crippen LogP contribution in [0.25, 0.3) is 0 Å². The number of sulfonamides is 1. The Hall–Kier alpha value is -0.920. The van der Waals surface area contributed by atoms with E-state index >= 15 is 0 Å². The summed E-state index contributed by atoms with van der Waals surface area (Å²) in [6.45, 7) is 10.8.